The molecule has 0 radical (unpaired) electrons. The number of anilines is 1. The van der Waals surface area contributed by atoms with Crippen LogP contribution in [0, 0.1) is 0 Å². The van der Waals surface area contributed by atoms with Gasteiger partial charge in [-0.15, -0.1) is 0 Å². The number of H-pyrrole nitrogens is 1. The van der Waals surface area contributed by atoms with E-state index in [9.17, 15) is 13.2 Å². The largest absolute Gasteiger partial charge is 0.338 e. The van der Waals surface area contributed by atoms with E-state index in [-0.39, 0.29) is 15.5 Å². The number of hydrogen-bond donors (Lipinski definition) is 2. The molecule has 0 saturated heterocycles. The number of amides is 1. The van der Waals surface area contributed by atoms with Crippen LogP contribution in [0.15, 0.2) is 65.6 Å². The molecule has 1 aromatic heterocycles. The summed E-state index contributed by atoms with van der Waals surface area (Å²) in [5, 5.41) is 3.47. The summed E-state index contributed by atoms with van der Waals surface area (Å²) in [6.45, 7) is 0. The molecule has 7 nitrogen and oxygen atoms in total. The van der Waals surface area contributed by atoms with Crippen LogP contribution >= 0.6 is 23.2 Å². The molecule has 4 rings (SSSR count). The van der Waals surface area contributed by atoms with E-state index in [1.807, 2.05) is 18.2 Å². The predicted octanol–water partition coefficient (Wildman–Crippen LogP) is 5.04. The molecule has 0 aliphatic heterocycles. The lowest BCUT2D eigenvalue weighted by Crippen LogP contribution is -2.23. The highest BCUT2D eigenvalue weighted by Gasteiger charge is 2.21. The van der Waals surface area contributed by atoms with Crippen molar-refractivity contribution in [1.29, 1.82) is 0 Å². The third-order valence-electron chi connectivity index (χ3n) is 4.83. The van der Waals surface area contributed by atoms with Crippen molar-refractivity contribution >= 4 is 55.9 Å². The van der Waals surface area contributed by atoms with Gasteiger partial charge in [0, 0.05) is 25.3 Å². The smallest absolute Gasteiger partial charge is 0.257 e. The predicted molar refractivity (Wildman–Crippen MR) is 127 cm³/mol. The lowest BCUT2D eigenvalue weighted by Gasteiger charge is -2.13. The molecule has 1 amide bonds. The fourth-order valence-corrected chi connectivity index (χ4v) is 4.47. The summed E-state index contributed by atoms with van der Waals surface area (Å²) in [7, 11) is -0.874. The Balaban J connectivity index is 1.64. The average molecular weight is 489 g/mol. The molecule has 4 aromatic rings. The lowest BCUT2D eigenvalue weighted by atomic mass is 10.2. The Morgan fingerprint density at radius 2 is 1.75 bits per heavy atom. The molecule has 0 aliphatic carbocycles. The van der Waals surface area contributed by atoms with Crippen molar-refractivity contribution in [3.8, 4) is 11.4 Å². The van der Waals surface area contributed by atoms with Crippen molar-refractivity contribution in [2.75, 3.05) is 19.4 Å². The van der Waals surface area contributed by atoms with Gasteiger partial charge in [-0.25, -0.2) is 17.7 Å². The lowest BCUT2D eigenvalue weighted by molar-refractivity contribution is 0.102. The number of sulfonamides is 1. The van der Waals surface area contributed by atoms with Gasteiger partial charge in [0.1, 0.15) is 5.82 Å². The third kappa shape index (κ3) is 4.22. The van der Waals surface area contributed by atoms with Crippen LogP contribution in [0.25, 0.3) is 22.4 Å². The van der Waals surface area contributed by atoms with Crippen LogP contribution in [0.5, 0.6) is 0 Å². The molecule has 0 fully saturated rings. The molecule has 3 aromatic carbocycles. The van der Waals surface area contributed by atoms with Crippen molar-refractivity contribution < 1.29 is 13.2 Å². The SMILES string of the molecule is CN(C)S(=O)(=O)c1ccc(Cl)c(C(=O)Nc2ccc3nc(-c4ccccc4Cl)[nH]c3c2)c1. The Hall–Kier alpha value is -2.91. The molecular formula is C22H18Cl2N4O3S. The number of aromatic nitrogens is 2. The first-order valence-electron chi connectivity index (χ1n) is 9.45. The van der Waals surface area contributed by atoms with Gasteiger partial charge in [-0.05, 0) is 48.5 Å². The van der Waals surface area contributed by atoms with Crippen LogP contribution in [0.4, 0.5) is 5.69 Å². The summed E-state index contributed by atoms with van der Waals surface area (Å²) < 4.78 is 25.9. The van der Waals surface area contributed by atoms with Crippen molar-refractivity contribution in [3.05, 3.63) is 76.3 Å². The Morgan fingerprint density at radius 3 is 2.47 bits per heavy atom. The van der Waals surface area contributed by atoms with E-state index >= 15 is 0 Å². The van der Waals surface area contributed by atoms with Crippen LogP contribution in [0.2, 0.25) is 10.0 Å². The number of rotatable bonds is 5. The third-order valence-corrected chi connectivity index (χ3v) is 7.30. The summed E-state index contributed by atoms with van der Waals surface area (Å²) in [6, 6.07) is 16.6. The van der Waals surface area contributed by atoms with E-state index in [1.165, 1.54) is 32.3 Å². The number of benzene rings is 3. The summed E-state index contributed by atoms with van der Waals surface area (Å²) in [5.41, 5.74) is 2.72. The van der Waals surface area contributed by atoms with E-state index in [1.54, 1.807) is 24.3 Å². The maximum absolute atomic E-state index is 12.8. The maximum Gasteiger partial charge on any atom is 0.257 e. The second kappa shape index (κ2) is 8.55. The Morgan fingerprint density at radius 1 is 1.00 bits per heavy atom. The number of nitrogens with one attached hydrogen (secondary N) is 2. The Kier molecular flexibility index (Phi) is 5.96. The van der Waals surface area contributed by atoms with Crippen molar-refractivity contribution in [2.24, 2.45) is 0 Å². The topological polar surface area (TPSA) is 95.2 Å². The Labute approximate surface area is 195 Å². The number of imidazole rings is 1. The molecule has 1 heterocycles. The first-order valence-corrected chi connectivity index (χ1v) is 11.6. The number of aromatic amines is 1. The van der Waals surface area contributed by atoms with Crippen molar-refractivity contribution in [1.82, 2.24) is 14.3 Å². The van der Waals surface area contributed by atoms with Gasteiger partial charge in [-0.2, -0.15) is 0 Å². The van der Waals surface area contributed by atoms with E-state index in [0.29, 0.717) is 27.6 Å². The molecule has 2 N–H and O–H groups in total. The fraction of sp³-hybridized carbons (Fsp3) is 0.0909. The molecule has 164 valence electrons. The number of fused-ring (bicyclic) bond motifs is 1. The normalized spacial score (nSPS) is 11.8. The maximum atomic E-state index is 12.8. The standard InChI is InChI=1S/C22H18Cl2N4O3S/c1-28(2)32(30,31)14-8-9-18(24)16(12-14)22(29)25-13-7-10-19-20(11-13)27-21(26-19)15-5-3-4-6-17(15)23/h3-12H,1-2H3,(H,25,29)(H,26,27). The zero-order valence-electron chi connectivity index (χ0n) is 17.1. The zero-order chi connectivity index (χ0) is 23.0. The number of hydrogen-bond acceptors (Lipinski definition) is 4. The molecule has 0 spiro atoms. The Bertz CT molecular complexity index is 1450. The second-order valence-electron chi connectivity index (χ2n) is 7.18. The molecule has 0 aliphatic rings. The minimum atomic E-state index is -3.71. The first-order chi connectivity index (χ1) is 15.2. The van der Waals surface area contributed by atoms with Gasteiger partial charge >= 0.3 is 0 Å². The monoisotopic (exact) mass is 488 g/mol. The van der Waals surface area contributed by atoms with Crippen LogP contribution < -0.4 is 5.32 Å². The summed E-state index contributed by atoms with van der Waals surface area (Å²) in [5.74, 6) is 0.0784. The van der Waals surface area contributed by atoms with E-state index in [4.69, 9.17) is 23.2 Å². The van der Waals surface area contributed by atoms with Crippen LogP contribution in [-0.4, -0.2) is 42.7 Å². The molecule has 10 heteroatoms. The molecule has 32 heavy (non-hydrogen) atoms. The summed E-state index contributed by atoms with van der Waals surface area (Å²) in [6.07, 6.45) is 0. The quantitative estimate of drug-likeness (QED) is 0.411. The highest BCUT2D eigenvalue weighted by atomic mass is 35.5. The minimum absolute atomic E-state index is 0.0227. The molecule has 0 bridgehead atoms. The van der Waals surface area contributed by atoms with E-state index in [0.717, 1.165) is 9.87 Å². The van der Waals surface area contributed by atoms with Crippen LogP contribution in [-0.2, 0) is 10.0 Å². The van der Waals surface area contributed by atoms with Gasteiger partial charge < -0.3 is 10.3 Å². The molecule has 0 saturated carbocycles. The van der Waals surface area contributed by atoms with E-state index < -0.39 is 15.9 Å². The van der Waals surface area contributed by atoms with E-state index in [2.05, 4.69) is 15.3 Å². The minimum Gasteiger partial charge on any atom is -0.338 e. The average Bonchev–Trinajstić information content (AvgIpc) is 3.17. The highest BCUT2D eigenvalue weighted by Crippen LogP contribution is 2.29. The number of carbonyl (C=O) groups is 1. The summed E-state index contributed by atoms with van der Waals surface area (Å²) >= 11 is 12.4. The van der Waals surface area contributed by atoms with Crippen LogP contribution in [0.1, 0.15) is 10.4 Å². The van der Waals surface area contributed by atoms with Gasteiger partial charge in [0.05, 0.1) is 31.5 Å². The number of halogens is 2. The van der Waals surface area contributed by atoms with Gasteiger partial charge in [-0.3, -0.25) is 4.79 Å². The van der Waals surface area contributed by atoms with Crippen LogP contribution in [0.3, 0.4) is 0 Å². The van der Waals surface area contributed by atoms with Gasteiger partial charge in [-0.1, -0.05) is 35.3 Å². The number of nitrogens with zero attached hydrogens (tertiary/aromatic N) is 2. The van der Waals surface area contributed by atoms with Gasteiger partial charge in [0.2, 0.25) is 10.0 Å². The zero-order valence-corrected chi connectivity index (χ0v) is 19.4. The van der Waals surface area contributed by atoms with Gasteiger partial charge in [0.15, 0.2) is 0 Å². The summed E-state index contributed by atoms with van der Waals surface area (Å²) in [4.78, 5) is 20.6. The van der Waals surface area contributed by atoms with Crippen molar-refractivity contribution in [3.63, 3.8) is 0 Å². The molecule has 0 unspecified atom stereocenters. The van der Waals surface area contributed by atoms with Crippen molar-refractivity contribution in [2.45, 2.75) is 4.90 Å². The second-order valence-corrected chi connectivity index (χ2v) is 10.1. The molecule has 0 atom stereocenters. The van der Waals surface area contributed by atoms with Gasteiger partial charge in [0.25, 0.3) is 5.91 Å². The molecular weight excluding hydrogens is 471 g/mol. The fourth-order valence-electron chi connectivity index (χ4n) is 3.12. The highest BCUT2D eigenvalue weighted by molar-refractivity contribution is 7.89. The number of carbonyl (C=O) groups excluding carboxylic acids is 1. The first kappa shape index (κ1) is 22.3.